The molecule has 3 heterocycles. The minimum absolute atomic E-state index is 0.209. The van der Waals surface area contributed by atoms with Crippen LogP contribution in [0.1, 0.15) is 70.4 Å². The van der Waals surface area contributed by atoms with Crippen molar-refractivity contribution in [1.82, 2.24) is 14.9 Å². The van der Waals surface area contributed by atoms with Gasteiger partial charge >= 0.3 is 0 Å². The summed E-state index contributed by atoms with van der Waals surface area (Å²) in [5, 5.41) is 3.63. The average molecular weight is 422 g/mol. The molecule has 2 aromatic rings. The predicted octanol–water partition coefficient (Wildman–Crippen LogP) is 5.23. The van der Waals surface area contributed by atoms with Gasteiger partial charge in [-0.1, -0.05) is 57.9 Å². The maximum Gasteiger partial charge on any atom is 0.224 e. The summed E-state index contributed by atoms with van der Waals surface area (Å²) in [4.78, 5) is 14.4. The summed E-state index contributed by atoms with van der Waals surface area (Å²) in [5.74, 6) is 1.86. The summed E-state index contributed by atoms with van der Waals surface area (Å²) in [6.07, 6.45) is 9.50. The fourth-order valence-corrected chi connectivity index (χ4v) is 4.76. The van der Waals surface area contributed by atoms with Crippen LogP contribution < -0.4 is 10.2 Å². The number of likely N-dealkylation sites (tertiary alicyclic amines) is 1. The Morgan fingerprint density at radius 2 is 1.68 bits per heavy atom. The molecule has 0 radical (unpaired) electrons. The molecule has 0 spiro atoms. The van der Waals surface area contributed by atoms with Gasteiger partial charge in [-0.3, -0.25) is 4.90 Å². The normalized spacial score (nSPS) is 21.0. The molecule has 2 aliphatic rings. The number of aromatic nitrogens is 2. The van der Waals surface area contributed by atoms with Crippen LogP contribution in [0.25, 0.3) is 0 Å². The van der Waals surface area contributed by atoms with Gasteiger partial charge in [-0.05, 0) is 54.8 Å². The number of piperidine rings is 1. The molecule has 1 aromatic carbocycles. The van der Waals surface area contributed by atoms with E-state index in [2.05, 4.69) is 71.2 Å². The highest BCUT2D eigenvalue weighted by Gasteiger charge is 2.21. The predicted molar refractivity (Wildman–Crippen MR) is 130 cm³/mol. The molecule has 2 saturated heterocycles. The van der Waals surface area contributed by atoms with Gasteiger partial charge in [0.15, 0.2) is 0 Å². The summed E-state index contributed by atoms with van der Waals surface area (Å²) in [7, 11) is 0. The molecule has 0 bridgehead atoms. The van der Waals surface area contributed by atoms with Gasteiger partial charge < -0.3 is 10.2 Å². The highest BCUT2D eigenvalue weighted by atomic mass is 15.2. The monoisotopic (exact) mass is 421 g/mol. The zero-order chi connectivity index (χ0) is 21.7. The first kappa shape index (κ1) is 22.1. The largest absolute Gasteiger partial charge is 0.356 e. The zero-order valence-corrected chi connectivity index (χ0v) is 19.6. The third kappa shape index (κ3) is 6.19. The molecule has 0 amide bonds. The lowest BCUT2D eigenvalue weighted by Gasteiger charge is -2.33. The van der Waals surface area contributed by atoms with Crippen LogP contribution in [-0.4, -0.2) is 47.1 Å². The molecule has 2 fully saturated rings. The van der Waals surface area contributed by atoms with Crippen LogP contribution in [0.15, 0.2) is 36.5 Å². The molecule has 2 aliphatic heterocycles. The maximum absolute atomic E-state index is 4.86. The third-order valence-electron chi connectivity index (χ3n) is 6.64. The van der Waals surface area contributed by atoms with E-state index in [9.17, 15) is 0 Å². The third-order valence-corrected chi connectivity index (χ3v) is 6.64. The van der Waals surface area contributed by atoms with Gasteiger partial charge in [-0.2, -0.15) is 4.98 Å². The lowest BCUT2D eigenvalue weighted by molar-refractivity contribution is 0.208. The number of benzene rings is 1. The summed E-state index contributed by atoms with van der Waals surface area (Å²) in [6.45, 7) is 12.2. The Morgan fingerprint density at radius 1 is 0.935 bits per heavy atom. The smallest absolute Gasteiger partial charge is 0.224 e. The minimum atomic E-state index is 0.209. The standard InChI is InChI=1S/C26H39N5/c1-26(2,3)22-12-10-21(11-13-22)19-30-16-8-9-23(20-30)28-25-27-15-14-24(29-25)31-17-6-4-5-7-18-31/h10-15,23H,4-9,16-20H2,1-3H3,(H,27,28,29). The highest BCUT2D eigenvalue weighted by Crippen LogP contribution is 2.24. The number of hydrogen-bond donors (Lipinski definition) is 1. The number of nitrogens with one attached hydrogen (secondary N) is 1. The van der Waals surface area contributed by atoms with Crippen molar-refractivity contribution in [1.29, 1.82) is 0 Å². The lowest BCUT2D eigenvalue weighted by atomic mass is 9.86. The second kappa shape index (κ2) is 9.99. The van der Waals surface area contributed by atoms with E-state index in [0.717, 1.165) is 44.5 Å². The Kier molecular flexibility index (Phi) is 7.11. The van der Waals surface area contributed by atoms with Crippen LogP contribution >= 0.6 is 0 Å². The highest BCUT2D eigenvalue weighted by molar-refractivity contribution is 5.43. The topological polar surface area (TPSA) is 44.3 Å². The molecule has 0 saturated carbocycles. The van der Waals surface area contributed by atoms with Gasteiger partial charge in [-0.15, -0.1) is 0 Å². The zero-order valence-electron chi connectivity index (χ0n) is 19.6. The van der Waals surface area contributed by atoms with Crippen molar-refractivity contribution < 1.29 is 0 Å². The SMILES string of the molecule is CC(C)(C)c1ccc(CN2CCCC(Nc3nccc(N4CCCCCC4)n3)C2)cc1. The Bertz CT molecular complexity index is 818. The first-order chi connectivity index (χ1) is 15.0. The molecular weight excluding hydrogens is 382 g/mol. The van der Waals surface area contributed by atoms with Crippen LogP contribution in [0, 0.1) is 0 Å². The second-order valence-corrected chi connectivity index (χ2v) is 10.3. The van der Waals surface area contributed by atoms with Crippen LogP contribution in [-0.2, 0) is 12.0 Å². The number of nitrogens with zero attached hydrogens (tertiary/aromatic N) is 4. The lowest BCUT2D eigenvalue weighted by Crippen LogP contribution is -2.42. The van der Waals surface area contributed by atoms with E-state index < -0.39 is 0 Å². The second-order valence-electron chi connectivity index (χ2n) is 10.3. The molecule has 1 aromatic heterocycles. The van der Waals surface area contributed by atoms with Crippen LogP contribution in [0.5, 0.6) is 0 Å². The number of anilines is 2. The maximum atomic E-state index is 4.86. The fraction of sp³-hybridized carbons (Fsp3) is 0.615. The van der Waals surface area contributed by atoms with Crippen LogP contribution in [0.4, 0.5) is 11.8 Å². The number of rotatable bonds is 5. The molecule has 0 aliphatic carbocycles. The Morgan fingerprint density at radius 3 is 2.39 bits per heavy atom. The van der Waals surface area contributed by atoms with Gasteiger partial charge in [0.05, 0.1) is 0 Å². The van der Waals surface area contributed by atoms with Crippen molar-refractivity contribution in [3.63, 3.8) is 0 Å². The Hall–Kier alpha value is -2.14. The molecule has 168 valence electrons. The van der Waals surface area contributed by atoms with E-state index >= 15 is 0 Å². The first-order valence-corrected chi connectivity index (χ1v) is 12.1. The van der Waals surface area contributed by atoms with E-state index in [-0.39, 0.29) is 5.41 Å². The minimum Gasteiger partial charge on any atom is -0.356 e. The van der Waals surface area contributed by atoms with Crippen molar-refractivity contribution in [2.75, 3.05) is 36.4 Å². The van der Waals surface area contributed by atoms with Crippen LogP contribution in [0.3, 0.4) is 0 Å². The molecule has 1 N–H and O–H groups in total. The molecule has 4 rings (SSSR count). The van der Waals surface area contributed by atoms with Gasteiger partial charge in [0.1, 0.15) is 5.82 Å². The van der Waals surface area contributed by atoms with Crippen LogP contribution in [0.2, 0.25) is 0 Å². The summed E-state index contributed by atoms with van der Waals surface area (Å²) >= 11 is 0. The van der Waals surface area contributed by atoms with E-state index in [1.165, 1.54) is 49.7 Å². The molecule has 5 nitrogen and oxygen atoms in total. The van der Waals surface area contributed by atoms with E-state index in [1.54, 1.807) is 0 Å². The van der Waals surface area contributed by atoms with Crippen molar-refractivity contribution in [3.05, 3.63) is 47.7 Å². The summed E-state index contributed by atoms with van der Waals surface area (Å²) < 4.78 is 0. The number of hydrogen-bond acceptors (Lipinski definition) is 5. The van der Waals surface area contributed by atoms with E-state index in [4.69, 9.17) is 4.98 Å². The first-order valence-electron chi connectivity index (χ1n) is 12.1. The van der Waals surface area contributed by atoms with Crippen molar-refractivity contribution in [3.8, 4) is 0 Å². The van der Waals surface area contributed by atoms with Crippen molar-refractivity contribution in [2.45, 2.75) is 77.3 Å². The summed E-state index contributed by atoms with van der Waals surface area (Å²) in [5.41, 5.74) is 3.00. The van der Waals surface area contributed by atoms with E-state index in [0.29, 0.717) is 6.04 Å². The van der Waals surface area contributed by atoms with Gasteiger partial charge in [-0.25, -0.2) is 4.98 Å². The Balaban J connectivity index is 1.34. The van der Waals surface area contributed by atoms with Gasteiger partial charge in [0.2, 0.25) is 5.95 Å². The molecular formula is C26H39N5. The molecule has 5 heteroatoms. The van der Waals surface area contributed by atoms with Gasteiger partial charge in [0.25, 0.3) is 0 Å². The Labute approximate surface area is 188 Å². The fourth-order valence-electron chi connectivity index (χ4n) is 4.76. The van der Waals surface area contributed by atoms with Crippen molar-refractivity contribution in [2.24, 2.45) is 0 Å². The van der Waals surface area contributed by atoms with Crippen molar-refractivity contribution >= 4 is 11.8 Å². The molecule has 31 heavy (non-hydrogen) atoms. The van der Waals surface area contributed by atoms with Gasteiger partial charge in [0, 0.05) is 38.4 Å². The molecule has 1 atom stereocenters. The summed E-state index contributed by atoms with van der Waals surface area (Å²) in [6, 6.07) is 11.6. The quantitative estimate of drug-likeness (QED) is 0.716. The molecule has 1 unspecified atom stereocenters. The van der Waals surface area contributed by atoms with E-state index in [1.807, 2.05) is 6.20 Å². The average Bonchev–Trinajstić information content (AvgIpc) is 3.04.